The summed E-state index contributed by atoms with van der Waals surface area (Å²) in [6.07, 6.45) is 5.94. The molecule has 3 heteroatoms. The van der Waals surface area contributed by atoms with Gasteiger partial charge in [0.15, 0.2) is 0 Å². The molecule has 0 radical (unpaired) electrons. The van der Waals surface area contributed by atoms with Gasteiger partial charge in [-0.15, -0.1) is 0 Å². The summed E-state index contributed by atoms with van der Waals surface area (Å²) >= 11 is 0. The molecule has 0 aromatic carbocycles. The van der Waals surface area contributed by atoms with Gasteiger partial charge in [-0.1, -0.05) is 12.2 Å². The average molecular weight is 235 g/mol. The third kappa shape index (κ3) is 3.77. The number of nitrogens with zero attached hydrogens (tertiary/aromatic N) is 1. The van der Waals surface area contributed by atoms with E-state index in [-0.39, 0.29) is 12.5 Å². The number of rotatable bonds is 2. The molecule has 0 spiro atoms. The Morgan fingerprint density at radius 2 is 2.00 bits per heavy atom. The van der Waals surface area contributed by atoms with Crippen molar-refractivity contribution in [1.82, 2.24) is 4.57 Å². The van der Waals surface area contributed by atoms with Crippen LogP contribution in [0.3, 0.4) is 0 Å². The maximum atomic E-state index is 11.7. The first-order chi connectivity index (χ1) is 7.87. The van der Waals surface area contributed by atoms with Crippen molar-refractivity contribution in [1.29, 1.82) is 0 Å². The molecule has 94 valence electrons. The number of aromatic nitrogens is 1. The highest BCUT2D eigenvalue weighted by Gasteiger charge is 2.16. The first-order valence-electron chi connectivity index (χ1n) is 5.87. The monoisotopic (exact) mass is 235 g/mol. The second kappa shape index (κ2) is 5.21. The Labute approximate surface area is 102 Å². The number of carbonyl (C=O) groups excluding carboxylic acids is 1. The van der Waals surface area contributed by atoms with E-state index in [0.717, 1.165) is 10.6 Å². The quantitative estimate of drug-likeness (QED) is 0.726. The summed E-state index contributed by atoms with van der Waals surface area (Å²) in [4.78, 5) is 11.7. The van der Waals surface area contributed by atoms with E-state index in [1.54, 1.807) is 0 Å². The highest BCUT2D eigenvalue weighted by atomic mass is 16.6. The summed E-state index contributed by atoms with van der Waals surface area (Å²) in [5.41, 5.74) is -0.431. The number of esters is 1. The van der Waals surface area contributed by atoms with Gasteiger partial charge in [-0.3, -0.25) is 4.79 Å². The van der Waals surface area contributed by atoms with Crippen molar-refractivity contribution >= 4 is 18.1 Å². The van der Waals surface area contributed by atoms with Crippen LogP contribution in [-0.4, -0.2) is 16.1 Å². The Morgan fingerprint density at radius 3 is 2.47 bits per heavy atom. The van der Waals surface area contributed by atoms with E-state index in [4.69, 9.17) is 4.74 Å². The standard InChI is InChI=1S/C14H21NO2/c1-6-11-8-9-15(12(11)7-2)10-13(16)17-14(3,4)5/h6-9H,10H2,1-5H3/b11-6-,12-7+. The highest BCUT2D eigenvalue weighted by Crippen LogP contribution is 2.07. The van der Waals surface area contributed by atoms with Crippen molar-refractivity contribution in [3.05, 3.63) is 22.8 Å². The first kappa shape index (κ1) is 13.6. The predicted molar refractivity (Wildman–Crippen MR) is 69.8 cm³/mol. The Balaban J connectivity index is 2.91. The van der Waals surface area contributed by atoms with Crippen LogP contribution in [0.1, 0.15) is 34.6 Å². The molecule has 0 unspecified atom stereocenters. The normalized spacial score (nSPS) is 14.2. The molecule has 0 aliphatic rings. The van der Waals surface area contributed by atoms with E-state index >= 15 is 0 Å². The number of ether oxygens (including phenoxy) is 1. The fourth-order valence-corrected chi connectivity index (χ4v) is 1.73. The maximum absolute atomic E-state index is 11.7. The third-order valence-corrected chi connectivity index (χ3v) is 2.34. The molecule has 0 aliphatic heterocycles. The second-order valence-corrected chi connectivity index (χ2v) is 4.95. The van der Waals surface area contributed by atoms with Crippen molar-refractivity contribution in [2.75, 3.05) is 0 Å². The lowest BCUT2D eigenvalue weighted by molar-refractivity contribution is -0.155. The molecule has 0 atom stereocenters. The minimum absolute atomic E-state index is 0.209. The lowest BCUT2D eigenvalue weighted by Crippen LogP contribution is -2.33. The molecule has 0 saturated carbocycles. The van der Waals surface area contributed by atoms with Crippen molar-refractivity contribution in [3.63, 3.8) is 0 Å². The van der Waals surface area contributed by atoms with Gasteiger partial charge in [0, 0.05) is 11.5 Å². The van der Waals surface area contributed by atoms with Gasteiger partial charge in [0.1, 0.15) is 12.1 Å². The lowest BCUT2D eigenvalue weighted by Gasteiger charge is -2.19. The van der Waals surface area contributed by atoms with Crippen LogP contribution in [0, 0.1) is 0 Å². The van der Waals surface area contributed by atoms with E-state index in [1.807, 2.05) is 63.6 Å². The molecule has 0 N–H and O–H groups in total. The van der Waals surface area contributed by atoms with Crippen molar-refractivity contribution in [2.45, 2.75) is 46.8 Å². The predicted octanol–water partition coefficient (Wildman–Crippen LogP) is 1.43. The minimum atomic E-state index is -0.431. The minimum Gasteiger partial charge on any atom is -0.459 e. The van der Waals surface area contributed by atoms with Crippen LogP contribution in [0.2, 0.25) is 0 Å². The van der Waals surface area contributed by atoms with Gasteiger partial charge in [-0.05, 0) is 45.9 Å². The van der Waals surface area contributed by atoms with Crippen LogP contribution >= 0.6 is 0 Å². The summed E-state index contributed by atoms with van der Waals surface area (Å²) in [6, 6.07) is 2.00. The van der Waals surface area contributed by atoms with E-state index in [0.29, 0.717) is 0 Å². The average Bonchev–Trinajstić information content (AvgIpc) is 2.56. The molecule has 1 aromatic rings. The van der Waals surface area contributed by atoms with Crippen molar-refractivity contribution < 1.29 is 9.53 Å². The fourth-order valence-electron chi connectivity index (χ4n) is 1.73. The van der Waals surface area contributed by atoms with Gasteiger partial charge in [-0.2, -0.15) is 0 Å². The zero-order valence-electron chi connectivity index (χ0n) is 11.3. The molecule has 17 heavy (non-hydrogen) atoms. The number of hydrogen-bond acceptors (Lipinski definition) is 2. The summed E-state index contributed by atoms with van der Waals surface area (Å²) in [5.74, 6) is -0.209. The van der Waals surface area contributed by atoms with Gasteiger partial charge in [0.25, 0.3) is 0 Å². The SMILES string of the molecule is C/C=c1/ccn(CC(=O)OC(C)(C)C)/c1=C/C. The molecular weight excluding hydrogens is 214 g/mol. The molecular formula is C14H21NO2. The van der Waals surface area contributed by atoms with Crippen LogP contribution in [-0.2, 0) is 16.1 Å². The number of hydrogen-bond donors (Lipinski definition) is 0. The van der Waals surface area contributed by atoms with Crippen LogP contribution in [0.25, 0.3) is 12.2 Å². The molecule has 0 saturated heterocycles. The van der Waals surface area contributed by atoms with Crippen LogP contribution < -0.4 is 10.6 Å². The zero-order chi connectivity index (χ0) is 13.1. The van der Waals surface area contributed by atoms with Crippen molar-refractivity contribution in [3.8, 4) is 0 Å². The fraction of sp³-hybridized carbons (Fsp3) is 0.500. The van der Waals surface area contributed by atoms with Crippen LogP contribution in [0.5, 0.6) is 0 Å². The van der Waals surface area contributed by atoms with E-state index in [9.17, 15) is 4.79 Å². The van der Waals surface area contributed by atoms with Gasteiger partial charge in [-0.25, -0.2) is 0 Å². The van der Waals surface area contributed by atoms with Gasteiger partial charge in [0.05, 0.1) is 0 Å². The van der Waals surface area contributed by atoms with E-state index in [1.165, 1.54) is 0 Å². The molecule has 0 fully saturated rings. The summed E-state index contributed by atoms with van der Waals surface area (Å²) in [5, 5.41) is 2.19. The Morgan fingerprint density at radius 1 is 1.35 bits per heavy atom. The smallest absolute Gasteiger partial charge is 0.326 e. The molecule has 1 aromatic heterocycles. The summed E-state index contributed by atoms with van der Waals surface area (Å²) < 4.78 is 7.21. The third-order valence-electron chi connectivity index (χ3n) is 2.34. The molecule has 1 heterocycles. The largest absolute Gasteiger partial charge is 0.459 e. The lowest BCUT2D eigenvalue weighted by atomic mass is 10.2. The van der Waals surface area contributed by atoms with Gasteiger partial charge < -0.3 is 9.30 Å². The number of carbonyl (C=O) groups is 1. The molecule has 3 nitrogen and oxygen atoms in total. The summed E-state index contributed by atoms with van der Waals surface area (Å²) in [6.45, 7) is 9.83. The van der Waals surface area contributed by atoms with Crippen molar-refractivity contribution in [2.24, 2.45) is 0 Å². The van der Waals surface area contributed by atoms with Gasteiger partial charge >= 0.3 is 5.97 Å². The Bertz CT molecular complexity index is 503. The maximum Gasteiger partial charge on any atom is 0.326 e. The Kier molecular flexibility index (Phi) is 4.16. The molecule has 1 rings (SSSR count). The van der Waals surface area contributed by atoms with Crippen LogP contribution in [0.15, 0.2) is 12.3 Å². The molecule has 0 aliphatic carbocycles. The first-order valence-corrected chi connectivity index (χ1v) is 5.87. The second-order valence-electron chi connectivity index (χ2n) is 4.95. The Hall–Kier alpha value is -1.51. The zero-order valence-corrected chi connectivity index (χ0v) is 11.3. The molecule has 0 bridgehead atoms. The van der Waals surface area contributed by atoms with E-state index in [2.05, 4.69) is 0 Å². The van der Waals surface area contributed by atoms with E-state index < -0.39 is 5.60 Å². The van der Waals surface area contributed by atoms with Crippen LogP contribution in [0.4, 0.5) is 0 Å². The summed E-state index contributed by atoms with van der Waals surface area (Å²) in [7, 11) is 0. The highest BCUT2D eigenvalue weighted by molar-refractivity contribution is 5.69. The topological polar surface area (TPSA) is 31.2 Å². The molecule has 0 amide bonds. The van der Waals surface area contributed by atoms with Gasteiger partial charge in [0.2, 0.25) is 0 Å².